The van der Waals surface area contributed by atoms with E-state index in [2.05, 4.69) is 26.0 Å². The highest BCUT2D eigenvalue weighted by atomic mass is 79.9. The van der Waals surface area contributed by atoms with E-state index in [4.69, 9.17) is 4.74 Å². The van der Waals surface area contributed by atoms with Gasteiger partial charge >= 0.3 is 0 Å². The standard InChI is InChI=1S/C12H12BrN3O2/c1-16-12(9(13)7-15-16)10(17)5-8-3-4-11(18-2)14-6-8/h3-4,6-7H,5H2,1-2H3. The number of methoxy groups -OCH3 is 1. The van der Waals surface area contributed by atoms with Crippen molar-refractivity contribution in [1.29, 1.82) is 0 Å². The van der Waals surface area contributed by atoms with Crippen molar-refractivity contribution in [2.45, 2.75) is 6.42 Å². The van der Waals surface area contributed by atoms with E-state index < -0.39 is 0 Å². The van der Waals surface area contributed by atoms with Crippen LogP contribution in [0.4, 0.5) is 0 Å². The average Bonchev–Trinajstić information content (AvgIpc) is 2.70. The Balaban J connectivity index is 2.16. The van der Waals surface area contributed by atoms with Gasteiger partial charge in [-0.15, -0.1) is 0 Å². The lowest BCUT2D eigenvalue weighted by Crippen LogP contribution is -2.10. The maximum Gasteiger partial charge on any atom is 0.212 e. The number of halogens is 1. The first-order chi connectivity index (χ1) is 8.61. The molecule has 0 saturated carbocycles. The topological polar surface area (TPSA) is 57.0 Å². The Morgan fingerprint density at radius 2 is 2.22 bits per heavy atom. The van der Waals surface area contributed by atoms with Crippen molar-refractivity contribution >= 4 is 21.7 Å². The summed E-state index contributed by atoms with van der Waals surface area (Å²) < 4.78 is 7.23. The van der Waals surface area contributed by atoms with E-state index in [-0.39, 0.29) is 12.2 Å². The van der Waals surface area contributed by atoms with Crippen molar-refractivity contribution in [3.05, 3.63) is 40.3 Å². The summed E-state index contributed by atoms with van der Waals surface area (Å²) in [5, 5.41) is 4.02. The van der Waals surface area contributed by atoms with Crippen LogP contribution in [0.5, 0.6) is 5.88 Å². The molecular weight excluding hydrogens is 298 g/mol. The number of aromatic nitrogens is 3. The van der Waals surface area contributed by atoms with Gasteiger partial charge in [-0.3, -0.25) is 9.48 Å². The number of hydrogen-bond acceptors (Lipinski definition) is 4. The molecule has 2 aromatic heterocycles. The SMILES string of the molecule is COc1ccc(CC(=O)c2c(Br)cnn2C)cn1. The summed E-state index contributed by atoms with van der Waals surface area (Å²) in [5.41, 5.74) is 1.40. The molecule has 0 aliphatic heterocycles. The van der Waals surface area contributed by atoms with Crippen LogP contribution in [0.15, 0.2) is 29.0 Å². The molecule has 2 heterocycles. The lowest BCUT2D eigenvalue weighted by atomic mass is 10.1. The van der Waals surface area contributed by atoms with Crippen molar-refractivity contribution in [3.63, 3.8) is 0 Å². The predicted molar refractivity (Wildman–Crippen MR) is 69.7 cm³/mol. The van der Waals surface area contributed by atoms with Crippen molar-refractivity contribution in [2.75, 3.05) is 7.11 Å². The molecule has 6 heteroatoms. The molecule has 0 saturated heterocycles. The molecule has 94 valence electrons. The van der Waals surface area contributed by atoms with E-state index in [1.165, 1.54) is 0 Å². The summed E-state index contributed by atoms with van der Waals surface area (Å²) in [6, 6.07) is 3.56. The minimum absolute atomic E-state index is 0.00570. The minimum atomic E-state index is -0.00570. The van der Waals surface area contributed by atoms with Gasteiger partial charge in [0, 0.05) is 25.7 Å². The normalized spacial score (nSPS) is 10.4. The molecule has 0 amide bonds. The molecule has 0 radical (unpaired) electrons. The Morgan fingerprint density at radius 3 is 2.72 bits per heavy atom. The van der Waals surface area contributed by atoms with Crippen LogP contribution in [0.1, 0.15) is 16.1 Å². The lowest BCUT2D eigenvalue weighted by molar-refractivity contribution is 0.0983. The van der Waals surface area contributed by atoms with E-state index >= 15 is 0 Å². The van der Waals surface area contributed by atoms with Crippen LogP contribution in [0.3, 0.4) is 0 Å². The molecule has 5 nitrogen and oxygen atoms in total. The highest BCUT2D eigenvalue weighted by Crippen LogP contribution is 2.17. The van der Waals surface area contributed by atoms with Crippen molar-refractivity contribution in [3.8, 4) is 5.88 Å². The van der Waals surface area contributed by atoms with Crippen LogP contribution >= 0.6 is 15.9 Å². The van der Waals surface area contributed by atoms with Crippen LogP contribution in [-0.2, 0) is 13.5 Å². The van der Waals surface area contributed by atoms with Crippen LogP contribution < -0.4 is 4.74 Å². The molecule has 0 aromatic carbocycles. The third-order valence-corrected chi connectivity index (χ3v) is 3.11. The Labute approximate surface area is 113 Å². The van der Waals surface area contributed by atoms with Crippen LogP contribution in [-0.4, -0.2) is 27.7 Å². The first kappa shape index (κ1) is 12.8. The second-order valence-corrected chi connectivity index (χ2v) is 4.63. The number of nitrogens with zero attached hydrogens (tertiary/aromatic N) is 3. The molecule has 0 atom stereocenters. The number of hydrogen-bond donors (Lipinski definition) is 0. The zero-order valence-electron chi connectivity index (χ0n) is 10.1. The van der Waals surface area contributed by atoms with Gasteiger partial charge in [-0.2, -0.15) is 5.10 Å². The number of carbonyl (C=O) groups is 1. The minimum Gasteiger partial charge on any atom is -0.481 e. The largest absolute Gasteiger partial charge is 0.481 e. The van der Waals surface area contributed by atoms with Gasteiger partial charge in [0.15, 0.2) is 5.78 Å². The average molecular weight is 310 g/mol. The Morgan fingerprint density at radius 1 is 1.44 bits per heavy atom. The summed E-state index contributed by atoms with van der Waals surface area (Å²) in [6.07, 6.45) is 3.54. The molecule has 0 aliphatic carbocycles. The highest BCUT2D eigenvalue weighted by Gasteiger charge is 2.15. The lowest BCUT2D eigenvalue weighted by Gasteiger charge is -2.03. The predicted octanol–water partition coefficient (Wildman–Crippen LogP) is 2.01. The van der Waals surface area contributed by atoms with Crippen LogP contribution in [0, 0.1) is 0 Å². The van der Waals surface area contributed by atoms with Gasteiger partial charge in [0.05, 0.1) is 17.8 Å². The Bertz CT molecular complexity index is 544. The summed E-state index contributed by atoms with van der Waals surface area (Å²) in [6.45, 7) is 0. The zero-order valence-corrected chi connectivity index (χ0v) is 11.6. The summed E-state index contributed by atoms with van der Waals surface area (Å²) in [4.78, 5) is 16.2. The zero-order chi connectivity index (χ0) is 13.1. The monoisotopic (exact) mass is 309 g/mol. The molecule has 0 bridgehead atoms. The molecule has 18 heavy (non-hydrogen) atoms. The van der Waals surface area contributed by atoms with Crippen molar-refractivity contribution < 1.29 is 9.53 Å². The molecule has 0 aliphatic rings. The van der Waals surface area contributed by atoms with Gasteiger partial charge in [-0.1, -0.05) is 6.07 Å². The molecule has 0 fully saturated rings. The third-order valence-electron chi connectivity index (χ3n) is 2.53. The molecule has 2 aromatic rings. The Kier molecular flexibility index (Phi) is 3.76. The fraction of sp³-hybridized carbons (Fsp3) is 0.250. The maximum atomic E-state index is 12.1. The molecule has 0 unspecified atom stereocenters. The fourth-order valence-corrected chi connectivity index (χ4v) is 2.20. The molecular formula is C12H12BrN3O2. The molecule has 0 N–H and O–H groups in total. The van der Waals surface area contributed by atoms with E-state index in [1.807, 2.05) is 6.07 Å². The van der Waals surface area contributed by atoms with E-state index in [0.717, 1.165) is 5.56 Å². The third kappa shape index (κ3) is 2.59. The molecule has 0 spiro atoms. The number of rotatable bonds is 4. The molecule has 2 rings (SSSR count). The second-order valence-electron chi connectivity index (χ2n) is 3.77. The number of pyridine rings is 1. The van der Waals surface area contributed by atoms with Gasteiger partial charge in [0.2, 0.25) is 5.88 Å². The Hall–Kier alpha value is -1.69. The number of aryl methyl sites for hydroxylation is 1. The fourth-order valence-electron chi connectivity index (χ4n) is 1.63. The summed E-state index contributed by atoms with van der Waals surface area (Å²) in [5.74, 6) is 0.529. The number of ketones is 1. The van der Waals surface area contributed by atoms with E-state index in [9.17, 15) is 4.79 Å². The summed E-state index contributed by atoms with van der Waals surface area (Å²) in [7, 11) is 3.30. The first-order valence-corrected chi connectivity index (χ1v) is 6.10. The number of Topliss-reactive ketones (excluding diaryl/α,β-unsaturated/α-hetero) is 1. The number of carbonyl (C=O) groups excluding carboxylic acids is 1. The first-order valence-electron chi connectivity index (χ1n) is 5.31. The van der Waals surface area contributed by atoms with Crippen molar-refractivity contribution in [2.24, 2.45) is 7.05 Å². The van der Waals surface area contributed by atoms with Gasteiger partial charge < -0.3 is 4.74 Å². The highest BCUT2D eigenvalue weighted by molar-refractivity contribution is 9.10. The number of ether oxygens (including phenoxy) is 1. The summed E-state index contributed by atoms with van der Waals surface area (Å²) >= 11 is 3.31. The van der Waals surface area contributed by atoms with E-state index in [1.54, 1.807) is 37.3 Å². The van der Waals surface area contributed by atoms with Crippen molar-refractivity contribution in [1.82, 2.24) is 14.8 Å². The smallest absolute Gasteiger partial charge is 0.212 e. The quantitative estimate of drug-likeness (QED) is 0.811. The van der Waals surface area contributed by atoms with Gasteiger partial charge in [0.1, 0.15) is 5.69 Å². The van der Waals surface area contributed by atoms with Gasteiger partial charge in [0.25, 0.3) is 0 Å². The van der Waals surface area contributed by atoms with E-state index in [0.29, 0.717) is 16.0 Å². The van der Waals surface area contributed by atoms with Gasteiger partial charge in [-0.25, -0.2) is 4.98 Å². The van der Waals surface area contributed by atoms with Crippen LogP contribution in [0.2, 0.25) is 0 Å². The van der Waals surface area contributed by atoms with Crippen LogP contribution in [0.25, 0.3) is 0 Å². The second kappa shape index (κ2) is 5.30. The van der Waals surface area contributed by atoms with Gasteiger partial charge in [-0.05, 0) is 21.5 Å². The maximum absolute atomic E-state index is 12.1.